The maximum absolute atomic E-state index is 11.4. The molecule has 0 fully saturated rings. The van der Waals surface area contributed by atoms with Crippen molar-refractivity contribution in [3.8, 4) is 0 Å². The van der Waals surface area contributed by atoms with Gasteiger partial charge in [-0.1, -0.05) is 51.3 Å². The van der Waals surface area contributed by atoms with Crippen LogP contribution < -0.4 is 5.32 Å². The molecule has 0 radical (unpaired) electrons. The lowest BCUT2D eigenvalue weighted by atomic mass is 10.1. The highest BCUT2D eigenvalue weighted by atomic mass is 16.1. The SMILES string of the molecule is CCCCCCC=CC=CC(=O)NC(C)CC. The minimum absolute atomic E-state index is 0.00465. The summed E-state index contributed by atoms with van der Waals surface area (Å²) >= 11 is 0. The Morgan fingerprint density at radius 3 is 2.59 bits per heavy atom. The minimum Gasteiger partial charge on any atom is -0.350 e. The second-order valence-electron chi connectivity index (χ2n) is 4.45. The number of rotatable bonds is 9. The van der Waals surface area contributed by atoms with Crippen LogP contribution in [-0.2, 0) is 4.79 Å². The summed E-state index contributed by atoms with van der Waals surface area (Å²) in [6.45, 7) is 6.29. The molecule has 0 saturated carbocycles. The van der Waals surface area contributed by atoms with Gasteiger partial charge in [-0.3, -0.25) is 4.79 Å². The van der Waals surface area contributed by atoms with Crippen molar-refractivity contribution in [2.75, 3.05) is 0 Å². The van der Waals surface area contributed by atoms with Gasteiger partial charge >= 0.3 is 0 Å². The molecule has 2 heteroatoms. The largest absolute Gasteiger partial charge is 0.350 e. The fourth-order valence-electron chi connectivity index (χ4n) is 1.40. The highest BCUT2D eigenvalue weighted by Gasteiger charge is 1.99. The van der Waals surface area contributed by atoms with Gasteiger partial charge in [0.05, 0.1) is 0 Å². The van der Waals surface area contributed by atoms with Gasteiger partial charge in [0, 0.05) is 12.1 Å². The van der Waals surface area contributed by atoms with Crippen LogP contribution in [0, 0.1) is 0 Å². The molecule has 0 aromatic heterocycles. The predicted octanol–water partition coefficient (Wildman–Crippen LogP) is 3.98. The summed E-state index contributed by atoms with van der Waals surface area (Å²) < 4.78 is 0. The maximum Gasteiger partial charge on any atom is 0.244 e. The summed E-state index contributed by atoms with van der Waals surface area (Å²) in [6, 6.07) is 0.255. The van der Waals surface area contributed by atoms with E-state index in [2.05, 4.69) is 25.2 Å². The molecule has 0 heterocycles. The van der Waals surface area contributed by atoms with Crippen LogP contribution in [-0.4, -0.2) is 11.9 Å². The van der Waals surface area contributed by atoms with Crippen LogP contribution in [0.1, 0.15) is 59.3 Å². The molecular weight excluding hydrogens is 210 g/mol. The summed E-state index contributed by atoms with van der Waals surface area (Å²) in [4.78, 5) is 11.4. The molecular formula is C15H27NO. The quantitative estimate of drug-likeness (QED) is 0.367. The summed E-state index contributed by atoms with van der Waals surface area (Å²) in [6.07, 6.45) is 14.7. The molecule has 0 aromatic rings. The van der Waals surface area contributed by atoms with E-state index < -0.39 is 0 Å². The summed E-state index contributed by atoms with van der Waals surface area (Å²) in [5.41, 5.74) is 0. The second kappa shape index (κ2) is 11.4. The first-order chi connectivity index (χ1) is 8.20. The molecule has 0 aliphatic rings. The van der Waals surface area contributed by atoms with E-state index >= 15 is 0 Å². The molecule has 1 N–H and O–H groups in total. The van der Waals surface area contributed by atoms with Gasteiger partial charge in [-0.2, -0.15) is 0 Å². The summed E-state index contributed by atoms with van der Waals surface area (Å²) in [7, 11) is 0. The fourth-order valence-corrected chi connectivity index (χ4v) is 1.40. The van der Waals surface area contributed by atoms with Crippen molar-refractivity contribution in [1.82, 2.24) is 5.32 Å². The van der Waals surface area contributed by atoms with Crippen LogP contribution >= 0.6 is 0 Å². The van der Waals surface area contributed by atoms with Crippen LogP contribution in [0.4, 0.5) is 0 Å². The van der Waals surface area contributed by atoms with E-state index in [-0.39, 0.29) is 11.9 Å². The first-order valence-corrected chi connectivity index (χ1v) is 6.84. The van der Waals surface area contributed by atoms with Gasteiger partial charge in [0.1, 0.15) is 0 Å². The Hall–Kier alpha value is -1.05. The van der Waals surface area contributed by atoms with E-state index in [9.17, 15) is 4.79 Å². The van der Waals surface area contributed by atoms with Crippen LogP contribution in [0.5, 0.6) is 0 Å². The summed E-state index contributed by atoms with van der Waals surface area (Å²) in [5, 5.41) is 2.89. The number of nitrogens with one attached hydrogen (secondary N) is 1. The summed E-state index contributed by atoms with van der Waals surface area (Å²) in [5.74, 6) is -0.00465. The number of hydrogen-bond donors (Lipinski definition) is 1. The van der Waals surface area contributed by atoms with E-state index in [0.717, 1.165) is 12.8 Å². The number of hydrogen-bond acceptors (Lipinski definition) is 1. The normalized spacial score (nSPS) is 13.4. The second-order valence-corrected chi connectivity index (χ2v) is 4.45. The van der Waals surface area contributed by atoms with E-state index in [0.29, 0.717) is 0 Å². The average Bonchev–Trinajstić information content (AvgIpc) is 2.32. The van der Waals surface area contributed by atoms with Gasteiger partial charge in [-0.05, 0) is 26.2 Å². The fraction of sp³-hybridized carbons (Fsp3) is 0.667. The van der Waals surface area contributed by atoms with Crippen LogP contribution in [0.3, 0.4) is 0 Å². The van der Waals surface area contributed by atoms with E-state index in [1.807, 2.05) is 19.1 Å². The maximum atomic E-state index is 11.4. The Bertz CT molecular complexity index is 243. The van der Waals surface area contributed by atoms with Gasteiger partial charge in [0.25, 0.3) is 0 Å². The molecule has 0 saturated heterocycles. The lowest BCUT2D eigenvalue weighted by Crippen LogP contribution is -2.30. The van der Waals surface area contributed by atoms with Crippen molar-refractivity contribution in [2.24, 2.45) is 0 Å². The van der Waals surface area contributed by atoms with Crippen LogP contribution in [0.2, 0.25) is 0 Å². The van der Waals surface area contributed by atoms with Crippen LogP contribution in [0.25, 0.3) is 0 Å². The third-order valence-corrected chi connectivity index (χ3v) is 2.72. The van der Waals surface area contributed by atoms with E-state index in [1.165, 1.54) is 25.7 Å². The predicted molar refractivity (Wildman–Crippen MR) is 74.9 cm³/mol. The zero-order valence-corrected chi connectivity index (χ0v) is 11.5. The topological polar surface area (TPSA) is 29.1 Å². The van der Waals surface area contributed by atoms with Crippen molar-refractivity contribution in [2.45, 2.75) is 65.3 Å². The Labute approximate surface area is 106 Å². The Morgan fingerprint density at radius 1 is 1.18 bits per heavy atom. The molecule has 0 aromatic carbocycles. The third-order valence-electron chi connectivity index (χ3n) is 2.72. The smallest absolute Gasteiger partial charge is 0.244 e. The van der Waals surface area contributed by atoms with Crippen molar-refractivity contribution in [1.29, 1.82) is 0 Å². The minimum atomic E-state index is -0.00465. The molecule has 0 bridgehead atoms. The molecule has 1 amide bonds. The first kappa shape index (κ1) is 16.0. The van der Waals surface area contributed by atoms with Crippen LogP contribution in [0.15, 0.2) is 24.3 Å². The molecule has 0 aliphatic heterocycles. The monoisotopic (exact) mass is 237 g/mol. The van der Waals surface area contributed by atoms with Gasteiger partial charge in [0.2, 0.25) is 5.91 Å². The van der Waals surface area contributed by atoms with Gasteiger partial charge in [-0.15, -0.1) is 0 Å². The highest BCUT2D eigenvalue weighted by molar-refractivity contribution is 5.87. The van der Waals surface area contributed by atoms with Crippen molar-refractivity contribution < 1.29 is 4.79 Å². The zero-order valence-electron chi connectivity index (χ0n) is 11.5. The number of allylic oxidation sites excluding steroid dienone is 3. The van der Waals surface area contributed by atoms with Crippen molar-refractivity contribution >= 4 is 5.91 Å². The molecule has 17 heavy (non-hydrogen) atoms. The zero-order chi connectivity index (χ0) is 12.9. The number of carbonyl (C=O) groups excluding carboxylic acids is 1. The third kappa shape index (κ3) is 11.2. The van der Waals surface area contributed by atoms with E-state index in [1.54, 1.807) is 6.08 Å². The number of carbonyl (C=O) groups is 1. The number of unbranched alkanes of at least 4 members (excludes halogenated alkanes) is 4. The van der Waals surface area contributed by atoms with Gasteiger partial charge in [-0.25, -0.2) is 0 Å². The Kier molecular flexibility index (Phi) is 10.7. The van der Waals surface area contributed by atoms with Gasteiger partial charge < -0.3 is 5.32 Å². The average molecular weight is 237 g/mol. The van der Waals surface area contributed by atoms with E-state index in [4.69, 9.17) is 0 Å². The number of amides is 1. The highest BCUT2D eigenvalue weighted by Crippen LogP contribution is 2.02. The molecule has 0 spiro atoms. The Balaban J connectivity index is 3.57. The standard InChI is InChI=1S/C15H27NO/c1-4-6-7-8-9-10-11-12-13-15(17)16-14(3)5-2/h10-14H,4-9H2,1-3H3,(H,16,17). The Morgan fingerprint density at radius 2 is 1.94 bits per heavy atom. The lowest BCUT2D eigenvalue weighted by molar-refractivity contribution is -0.117. The molecule has 2 nitrogen and oxygen atoms in total. The van der Waals surface area contributed by atoms with Gasteiger partial charge in [0.15, 0.2) is 0 Å². The molecule has 1 atom stereocenters. The first-order valence-electron chi connectivity index (χ1n) is 6.84. The molecule has 0 rings (SSSR count). The molecule has 1 unspecified atom stereocenters. The molecule has 98 valence electrons. The lowest BCUT2D eigenvalue weighted by Gasteiger charge is -2.07. The van der Waals surface area contributed by atoms with Crippen molar-refractivity contribution in [3.05, 3.63) is 24.3 Å². The molecule has 0 aliphatic carbocycles. The van der Waals surface area contributed by atoms with Crippen molar-refractivity contribution in [3.63, 3.8) is 0 Å².